The summed E-state index contributed by atoms with van der Waals surface area (Å²) >= 11 is 0. The van der Waals surface area contributed by atoms with Crippen molar-refractivity contribution in [1.29, 1.82) is 0 Å². The Balaban J connectivity index is 1.81. The van der Waals surface area contributed by atoms with Gasteiger partial charge in [0.1, 0.15) is 11.4 Å². The Morgan fingerprint density at radius 1 is 1.12 bits per heavy atom. The van der Waals surface area contributed by atoms with Gasteiger partial charge in [-0.3, -0.25) is 4.79 Å². The number of ketones is 1. The van der Waals surface area contributed by atoms with E-state index in [1.807, 2.05) is 20.8 Å². The van der Waals surface area contributed by atoms with Crippen LogP contribution in [0.3, 0.4) is 0 Å². The third-order valence-electron chi connectivity index (χ3n) is 3.42. The first-order chi connectivity index (χ1) is 11.3. The zero-order valence-electron chi connectivity index (χ0n) is 14.5. The summed E-state index contributed by atoms with van der Waals surface area (Å²) < 4.78 is 15.9. The predicted molar refractivity (Wildman–Crippen MR) is 96.5 cm³/mol. The predicted octanol–water partition coefficient (Wildman–Crippen LogP) is 2.62. The summed E-state index contributed by atoms with van der Waals surface area (Å²) in [5.74, 6) is 2.95. The van der Waals surface area contributed by atoms with Crippen molar-refractivity contribution < 1.29 is 23.8 Å². The summed E-state index contributed by atoms with van der Waals surface area (Å²) in [6.45, 7) is 6.84. The first-order valence-electron chi connectivity index (χ1n) is 8.11. The Bertz CT molecular complexity index is 556. The van der Waals surface area contributed by atoms with Crippen LogP contribution >= 0.6 is 10.9 Å². The van der Waals surface area contributed by atoms with Crippen molar-refractivity contribution in [3.63, 3.8) is 0 Å². The molecular formula is C18H26O5S. The Kier molecular flexibility index (Phi) is 6.69. The number of Topliss-reactive ketones (excluding diaryl/α,β-unsaturated/α-hetero) is 1. The third-order valence-corrected chi connectivity index (χ3v) is 5.79. The lowest BCUT2D eigenvalue weighted by Gasteiger charge is -2.25. The maximum atomic E-state index is 12.3. The summed E-state index contributed by atoms with van der Waals surface area (Å²) in [6, 6.07) is 6.94. The highest BCUT2D eigenvalue weighted by molar-refractivity contribution is 8.17. The monoisotopic (exact) mass is 354 g/mol. The summed E-state index contributed by atoms with van der Waals surface area (Å²) in [5, 5.41) is 0. The van der Waals surface area contributed by atoms with E-state index >= 15 is 0 Å². The van der Waals surface area contributed by atoms with E-state index < -0.39 is 11.6 Å². The fraction of sp³-hybridized carbons (Fsp3) is 0.556. The van der Waals surface area contributed by atoms with Crippen molar-refractivity contribution in [1.82, 2.24) is 0 Å². The van der Waals surface area contributed by atoms with Crippen LogP contribution in [0.15, 0.2) is 24.3 Å². The molecule has 1 aliphatic rings. The van der Waals surface area contributed by atoms with Crippen LogP contribution in [0.1, 0.15) is 31.1 Å². The average Bonchev–Trinajstić information content (AvgIpc) is 2.53. The van der Waals surface area contributed by atoms with E-state index in [0.717, 1.165) is 24.7 Å². The highest BCUT2D eigenvalue weighted by atomic mass is 32.2. The standard InChI is InChI=1S/C18H26O5S/c1-18(2,3)23-17(20)12-22-15-6-4-14(5-7-15)16(19)13-24-10-8-21-9-11-24/h4-7,24H,8-13H2,1-3H3. The number of thiol groups is 1. The molecule has 0 N–H and O–H groups in total. The van der Waals surface area contributed by atoms with E-state index in [2.05, 4.69) is 0 Å². The smallest absolute Gasteiger partial charge is 0.344 e. The normalized spacial score (nSPS) is 16.5. The zero-order chi connectivity index (χ0) is 17.6. The lowest BCUT2D eigenvalue weighted by molar-refractivity contribution is -0.157. The number of benzene rings is 1. The molecule has 0 spiro atoms. The van der Waals surface area contributed by atoms with E-state index in [9.17, 15) is 9.59 Å². The van der Waals surface area contributed by atoms with Crippen LogP contribution in [0, 0.1) is 0 Å². The number of carbonyl (C=O) groups is 2. The van der Waals surface area contributed by atoms with Crippen LogP contribution in [0.2, 0.25) is 0 Å². The van der Waals surface area contributed by atoms with Crippen molar-refractivity contribution in [2.24, 2.45) is 0 Å². The largest absolute Gasteiger partial charge is 0.482 e. The summed E-state index contributed by atoms with van der Waals surface area (Å²) in [5.41, 5.74) is 0.163. The first-order valence-corrected chi connectivity index (χ1v) is 10.0. The molecule has 0 unspecified atom stereocenters. The molecule has 2 rings (SSSR count). The number of carbonyl (C=O) groups excluding carboxylic acids is 2. The van der Waals surface area contributed by atoms with Crippen molar-refractivity contribution in [2.75, 3.05) is 37.1 Å². The molecular weight excluding hydrogens is 328 g/mol. The molecule has 1 aromatic carbocycles. The Hall–Kier alpha value is -1.53. The highest BCUT2D eigenvalue weighted by Gasteiger charge is 2.17. The maximum Gasteiger partial charge on any atom is 0.344 e. The minimum absolute atomic E-state index is 0.143. The molecule has 6 heteroatoms. The van der Waals surface area contributed by atoms with E-state index in [1.54, 1.807) is 24.3 Å². The molecule has 24 heavy (non-hydrogen) atoms. The molecule has 1 fully saturated rings. The van der Waals surface area contributed by atoms with E-state index in [4.69, 9.17) is 14.2 Å². The van der Waals surface area contributed by atoms with Crippen LogP contribution in [0.25, 0.3) is 0 Å². The lowest BCUT2D eigenvalue weighted by atomic mass is 10.1. The molecule has 0 amide bonds. The number of hydrogen-bond acceptors (Lipinski definition) is 5. The van der Waals surface area contributed by atoms with Crippen LogP contribution in [-0.2, 0) is 14.3 Å². The third kappa shape index (κ3) is 6.53. The van der Waals surface area contributed by atoms with Gasteiger partial charge in [0.25, 0.3) is 0 Å². The van der Waals surface area contributed by atoms with Crippen LogP contribution in [0.4, 0.5) is 0 Å². The maximum absolute atomic E-state index is 12.3. The lowest BCUT2D eigenvalue weighted by Crippen LogP contribution is -2.27. The Morgan fingerprint density at radius 2 is 1.75 bits per heavy atom. The number of esters is 1. The highest BCUT2D eigenvalue weighted by Crippen LogP contribution is 2.28. The van der Waals surface area contributed by atoms with Gasteiger partial charge in [-0.05, 0) is 56.5 Å². The second kappa shape index (κ2) is 8.53. The molecule has 0 saturated carbocycles. The molecule has 0 aliphatic carbocycles. The molecule has 1 heterocycles. The van der Waals surface area contributed by atoms with Gasteiger partial charge in [0, 0.05) is 11.3 Å². The average molecular weight is 354 g/mol. The van der Waals surface area contributed by atoms with Gasteiger partial charge < -0.3 is 14.2 Å². The molecule has 0 bridgehead atoms. The second-order valence-electron chi connectivity index (χ2n) is 6.71. The van der Waals surface area contributed by atoms with Gasteiger partial charge in [-0.1, -0.05) is 0 Å². The van der Waals surface area contributed by atoms with Gasteiger partial charge in [-0.2, -0.15) is 0 Å². The van der Waals surface area contributed by atoms with Gasteiger partial charge >= 0.3 is 5.97 Å². The van der Waals surface area contributed by atoms with Gasteiger partial charge in [0.15, 0.2) is 12.4 Å². The Morgan fingerprint density at radius 3 is 2.33 bits per heavy atom. The molecule has 0 radical (unpaired) electrons. The number of rotatable bonds is 6. The van der Waals surface area contributed by atoms with Crippen molar-refractivity contribution >= 4 is 22.6 Å². The number of hydrogen-bond donors (Lipinski definition) is 1. The quantitative estimate of drug-likeness (QED) is 0.483. The molecule has 5 nitrogen and oxygen atoms in total. The fourth-order valence-corrected chi connectivity index (χ4v) is 4.21. The van der Waals surface area contributed by atoms with Crippen molar-refractivity contribution in [3.8, 4) is 5.75 Å². The molecule has 0 aromatic heterocycles. The summed E-state index contributed by atoms with van der Waals surface area (Å²) in [7, 11) is -0.238. The second-order valence-corrected chi connectivity index (χ2v) is 9.26. The molecule has 134 valence electrons. The van der Waals surface area contributed by atoms with Gasteiger partial charge in [0.2, 0.25) is 0 Å². The Labute approximate surface area is 146 Å². The van der Waals surface area contributed by atoms with Gasteiger partial charge in [-0.15, -0.1) is 0 Å². The van der Waals surface area contributed by atoms with E-state index in [0.29, 0.717) is 17.1 Å². The van der Waals surface area contributed by atoms with Crippen LogP contribution in [-0.4, -0.2) is 54.4 Å². The van der Waals surface area contributed by atoms with Gasteiger partial charge in [0.05, 0.1) is 13.2 Å². The first kappa shape index (κ1) is 18.8. The summed E-state index contributed by atoms with van der Waals surface area (Å²) in [6.07, 6.45) is 0. The molecule has 0 atom stereocenters. The minimum Gasteiger partial charge on any atom is -0.482 e. The molecule has 1 aliphatic heterocycles. The van der Waals surface area contributed by atoms with Crippen molar-refractivity contribution in [2.45, 2.75) is 26.4 Å². The van der Waals surface area contributed by atoms with Gasteiger partial charge in [-0.25, -0.2) is 15.7 Å². The number of ether oxygens (including phenoxy) is 3. The van der Waals surface area contributed by atoms with Crippen LogP contribution < -0.4 is 4.74 Å². The van der Waals surface area contributed by atoms with E-state index in [-0.39, 0.29) is 23.3 Å². The zero-order valence-corrected chi connectivity index (χ0v) is 15.4. The van der Waals surface area contributed by atoms with Crippen molar-refractivity contribution in [3.05, 3.63) is 29.8 Å². The minimum atomic E-state index is -0.525. The topological polar surface area (TPSA) is 61.8 Å². The van der Waals surface area contributed by atoms with E-state index in [1.165, 1.54) is 0 Å². The fourth-order valence-electron chi connectivity index (χ4n) is 2.30. The SMILES string of the molecule is CC(C)(C)OC(=O)COc1ccc(C(=O)C[SH]2CCOCC2)cc1. The molecule has 1 aromatic rings. The van der Waals surface area contributed by atoms with Crippen LogP contribution in [0.5, 0.6) is 5.75 Å². The molecule has 1 saturated heterocycles. The summed E-state index contributed by atoms with van der Waals surface area (Å²) in [4.78, 5) is 23.9.